The van der Waals surface area contributed by atoms with Crippen LogP contribution in [0.3, 0.4) is 0 Å². The van der Waals surface area contributed by atoms with E-state index in [0.717, 1.165) is 16.3 Å². The van der Waals surface area contributed by atoms with Gasteiger partial charge in [0.15, 0.2) is 11.5 Å². The molecule has 1 aromatic carbocycles. The minimum Gasteiger partial charge on any atom is -0.494 e. The maximum atomic E-state index is 8.66. The molecule has 0 atom stereocenters. The molecule has 2 heterocycles. The monoisotopic (exact) mass is 311 g/mol. The molecular formula is C15H13N5OS. The summed E-state index contributed by atoms with van der Waals surface area (Å²) >= 11 is 1.38. The fourth-order valence-corrected chi connectivity index (χ4v) is 2.52. The molecule has 3 rings (SSSR count). The molecular weight excluding hydrogens is 298 g/mol. The topological polar surface area (TPSA) is 76.1 Å². The molecule has 3 aromatic rings. The first-order valence-corrected chi connectivity index (χ1v) is 7.76. The average molecular weight is 311 g/mol. The fourth-order valence-electron chi connectivity index (χ4n) is 2.00. The number of thioether (sulfide) groups is 1. The molecule has 0 amide bonds. The van der Waals surface area contributed by atoms with E-state index in [9.17, 15) is 0 Å². The predicted octanol–water partition coefficient (Wildman–Crippen LogP) is 2.81. The lowest BCUT2D eigenvalue weighted by Crippen LogP contribution is -1.97. The molecule has 22 heavy (non-hydrogen) atoms. The van der Waals surface area contributed by atoms with E-state index in [4.69, 9.17) is 10.00 Å². The molecule has 110 valence electrons. The van der Waals surface area contributed by atoms with Crippen molar-refractivity contribution in [1.82, 2.24) is 19.8 Å². The van der Waals surface area contributed by atoms with Crippen molar-refractivity contribution in [3.8, 4) is 23.2 Å². The summed E-state index contributed by atoms with van der Waals surface area (Å²) in [6.45, 7) is 2.58. The summed E-state index contributed by atoms with van der Waals surface area (Å²) in [5.74, 6) is 1.84. The van der Waals surface area contributed by atoms with Crippen LogP contribution in [0.4, 0.5) is 0 Å². The van der Waals surface area contributed by atoms with Crippen molar-refractivity contribution < 1.29 is 4.74 Å². The number of hydrogen-bond donors (Lipinski definition) is 0. The van der Waals surface area contributed by atoms with Gasteiger partial charge >= 0.3 is 0 Å². The zero-order chi connectivity index (χ0) is 15.4. The first kappa shape index (κ1) is 14.4. The number of rotatable bonds is 5. The molecule has 0 radical (unpaired) electrons. The highest BCUT2D eigenvalue weighted by molar-refractivity contribution is 7.99. The van der Waals surface area contributed by atoms with Gasteiger partial charge in [-0.25, -0.2) is 0 Å². The Morgan fingerprint density at radius 1 is 1.18 bits per heavy atom. The summed E-state index contributed by atoms with van der Waals surface area (Å²) in [6, 6.07) is 13.4. The molecule has 0 saturated heterocycles. The Balaban J connectivity index is 1.97. The van der Waals surface area contributed by atoms with E-state index >= 15 is 0 Å². The fraction of sp³-hybridized carbons (Fsp3) is 0.200. The number of ether oxygens (including phenoxy) is 1. The minimum absolute atomic E-state index is 0.360. The van der Waals surface area contributed by atoms with Crippen LogP contribution in [0.25, 0.3) is 17.0 Å². The zero-order valence-corrected chi connectivity index (χ0v) is 12.7. The number of benzene rings is 1. The predicted molar refractivity (Wildman–Crippen MR) is 83.7 cm³/mol. The highest BCUT2D eigenvalue weighted by atomic mass is 32.2. The van der Waals surface area contributed by atoms with Gasteiger partial charge in [-0.05, 0) is 43.3 Å². The maximum absolute atomic E-state index is 8.66. The second-order valence-corrected chi connectivity index (χ2v) is 5.36. The number of hydrogen-bond acceptors (Lipinski definition) is 6. The van der Waals surface area contributed by atoms with Crippen LogP contribution in [-0.2, 0) is 0 Å². The summed E-state index contributed by atoms with van der Waals surface area (Å²) in [5.41, 5.74) is 1.58. The van der Waals surface area contributed by atoms with Crippen molar-refractivity contribution in [3.63, 3.8) is 0 Å². The van der Waals surface area contributed by atoms with Gasteiger partial charge in [-0.2, -0.15) is 14.9 Å². The zero-order valence-electron chi connectivity index (χ0n) is 11.9. The van der Waals surface area contributed by atoms with Gasteiger partial charge in [0.2, 0.25) is 0 Å². The third-order valence-electron chi connectivity index (χ3n) is 2.95. The Morgan fingerprint density at radius 2 is 2.00 bits per heavy atom. The van der Waals surface area contributed by atoms with Gasteiger partial charge in [-0.1, -0.05) is 11.8 Å². The lowest BCUT2D eigenvalue weighted by Gasteiger charge is -2.04. The second-order valence-electron chi connectivity index (χ2n) is 4.37. The van der Waals surface area contributed by atoms with Crippen LogP contribution in [0.1, 0.15) is 6.92 Å². The van der Waals surface area contributed by atoms with Crippen molar-refractivity contribution in [2.24, 2.45) is 0 Å². The first-order valence-electron chi connectivity index (χ1n) is 6.77. The van der Waals surface area contributed by atoms with Gasteiger partial charge in [0.1, 0.15) is 10.8 Å². The van der Waals surface area contributed by atoms with Crippen LogP contribution in [0.5, 0.6) is 5.75 Å². The SMILES string of the molecule is CCOc1ccc(-c2nnc3ccc(SCC#N)nn23)cc1. The van der Waals surface area contributed by atoms with Crippen molar-refractivity contribution in [2.45, 2.75) is 11.9 Å². The molecule has 0 aliphatic carbocycles. The van der Waals surface area contributed by atoms with Gasteiger partial charge < -0.3 is 4.74 Å². The molecule has 0 unspecified atom stereocenters. The summed E-state index contributed by atoms with van der Waals surface area (Å²) in [5, 5.41) is 22.2. The van der Waals surface area contributed by atoms with Crippen LogP contribution in [0, 0.1) is 11.3 Å². The number of aromatic nitrogens is 4. The van der Waals surface area contributed by atoms with Gasteiger partial charge in [-0.15, -0.1) is 10.2 Å². The average Bonchev–Trinajstić information content (AvgIpc) is 2.97. The van der Waals surface area contributed by atoms with Crippen LogP contribution in [-0.4, -0.2) is 32.2 Å². The van der Waals surface area contributed by atoms with E-state index < -0.39 is 0 Å². The van der Waals surface area contributed by atoms with Crippen molar-refractivity contribution in [2.75, 3.05) is 12.4 Å². The number of fused-ring (bicyclic) bond motifs is 1. The molecule has 0 aliphatic heterocycles. The van der Waals surface area contributed by atoms with E-state index in [2.05, 4.69) is 21.4 Å². The van der Waals surface area contributed by atoms with Crippen molar-refractivity contribution in [3.05, 3.63) is 36.4 Å². The molecule has 0 spiro atoms. The molecule has 0 bridgehead atoms. The largest absolute Gasteiger partial charge is 0.494 e. The smallest absolute Gasteiger partial charge is 0.185 e. The number of nitriles is 1. The Labute approximate surface area is 131 Å². The summed E-state index contributed by atoms with van der Waals surface area (Å²) in [4.78, 5) is 0. The molecule has 0 saturated carbocycles. The van der Waals surface area contributed by atoms with Crippen LogP contribution >= 0.6 is 11.8 Å². The van der Waals surface area contributed by atoms with Gasteiger partial charge in [0, 0.05) is 5.56 Å². The van der Waals surface area contributed by atoms with E-state index in [1.807, 2.05) is 43.3 Å². The second kappa shape index (κ2) is 6.45. The normalized spacial score (nSPS) is 10.5. The summed E-state index contributed by atoms with van der Waals surface area (Å²) in [7, 11) is 0. The lowest BCUT2D eigenvalue weighted by molar-refractivity contribution is 0.340. The quantitative estimate of drug-likeness (QED) is 0.674. The highest BCUT2D eigenvalue weighted by Crippen LogP contribution is 2.22. The van der Waals surface area contributed by atoms with Gasteiger partial charge in [-0.3, -0.25) is 0 Å². The van der Waals surface area contributed by atoms with Crippen LogP contribution in [0.15, 0.2) is 41.4 Å². The van der Waals surface area contributed by atoms with E-state index in [1.165, 1.54) is 11.8 Å². The van der Waals surface area contributed by atoms with E-state index in [-0.39, 0.29) is 0 Å². The maximum Gasteiger partial charge on any atom is 0.185 e. The molecule has 0 aliphatic rings. The molecule has 7 heteroatoms. The van der Waals surface area contributed by atoms with Crippen molar-refractivity contribution in [1.29, 1.82) is 5.26 Å². The van der Waals surface area contributed by atoms with Gasteiger partial charge in [0.25, 0.3) is 0 Å². The van der Waals surface area contributed by atoms with Crippen molar-refractivity contribution >= 4 is 17.4 Å². The highest BCUT2D eigenvalue weighted by Gasteiger charge is 2.10. The van der Waals surface area contributed by atoms with Crippen LogP contribution < -0.4 is 4.74 Å². The molecule has 0 fully saturated rings. The van der Waals surface area contributed by atoms with Gasteiger partial charge in [0.05, 0.1) is 18.4 Å². The third kappa shape index (κ3) is 2.87. The van der Waals surface area contributed by atoms with Crippen LogP contribution in [0.2, 0.25) is 0 Å². The standard InChI is InChI=1S/C15H13N5OS/c1-2-21-12-5-3-11(4-6-12)15-18-17-13-7-8-14(19-20(13)15)22-10-9-16/h3-8H,2,10H2,1H3. The Morgan fingerprint density at radius 3 is 2.73 bits per heavy atom. The molecule has 0 N–H and O–H groups in total. The van der Waals surface area contributed by atoms with E-state index in [1.54, 1.807) is 4.52 Å². The van der Waals surface area contributed by atoms with E-state index in [0.29, 0.717) is 23.8 Å². The Kier molecular flexibility index (Phi) is 4.21. The molecule has 2 aromatic heterocycles. The molecule has 6 nitrogen and oxygen atoms in total. The first-order chi connectivity index (χ1) is 10.8. The third-order valence-corrected chi connectivity index (χ3v) is 3.73. The Hall–Kier alpha value is -2.59. The number of nitrogens with zero attached hydrogens (tertiary/aromatic N) is 5. The lowest BCUT2D eigenvalue weighted by atomic mass is 10.2. The Bertz CT molecular complexity index is 822. The summed E-state index contributed by atoms with van der Waals surface area (Å²) in [6.07, 6.45) is 0. The minimum atomic E-state index is 0.360. The summed E-state index contributed by atoms with van der Waals surface area (Å²) < 4.78 is 7.13.